The number of hydrogen-bond acceptors (Lipinski definition) is 3. The summed E-state index contributed by atoms with van der Waals surface area (Å²) in [5.41, 5.74) is -1.04. The minimum Gasteiger partial charge on any atom is -0.461 e. The fraction of sp³-hybridized carbons (Fsp3) is 0.429. The van der Waals surface area contributed by atoms with Crippen LogP contribution in [-0.2, 0) is 19.4 Å². The molecule has 0 saturated heterocycles. The van der Waals surface area contributed by atoms with E-state index in [1.54, 1.807) is 0 Å². The molecular formula is C7H7F3O3. The molecule has 0 atom stereocenters. The van der Waals surface area contributed by atoms with Gasteiger partial charge in [0.15, 0.2) is 0 Å². The largest absolute Gasteiger partial charge is 0.461 e. The number of halogens is 3. The molecule has 0 aliphatic rings. The maximum atomic E-state index is 12.1. The second kappa shape index (κ2) is 3.39. The van der Waals surface area contributed by atoms with E-state index in [2.05, 4.69) is 4.42 Å². The van der Waals surface area contributed by atoms with Crippen molar-refractivity contribution in [2.75, 3.05) is 0 Å². The molecule has 74 valence electrons. The van der Waals surface area contributed by atoms with Crippen LogP contribution >= 0.6 is 0 Å². The van der Waals surface area contributed by atoms with Gasteiger partial charge in [-0.15, -0.1) is 0 Å². The monoisotopic (exact) mass is 196 g/mol. The van der Waals surface area contributed by atoms with Crippen molar-refractivity contribution in [1.82, 2.24) is 0 Å². The molecule has 0 aliphatic heterocycles. The van der Waals surface area contributed by atoms with Gasteiger partial charge < -0.3 is 14.6 Å². The number of aliphatic hydroxyl groups excluding tert-OH is 2. The molecular weight excluding hydrogens is 189 g/mol. The summed E-state index contributed by atoms with van der Waals surface area (Å²) in [4.78, 5) is 0. The van der Waals surface area contributed by atoms with Crippen LogP contribution in [0.5, 0.6) is 0 Å². The molecule has 1 heterocycles. The SMILES string of the molecule is OCc1cc(C(F)(F)F)c(CO)o1. The number of aliphatic hydroxyl groups is 2. The summed E-state index contributed by atoms with van der Waals surface area (Å²) >= 11 is 0. The lowest BCUT2D eigenvalue weighted by Gasteiger charge is -2.03. The molecule has 0 unspecified atom stereocenters. The van der Waals surface area contributed by atoms with E-state index in [-0.39, 0.29) is 5.76 Å². The lowest BCUT2D eigenvalue weighted by molar-refractivity contribution is -0.139. The van der Waals surface area contributed by atoms with E-state index < -0.39 is 30.7 Å². The number of hydrogen-bond donors (Lipinski definition) is 2. The van der Waals surface area contributed by atoms with Crippen LogP contribution in [0.25, 0.3) is 0 Å². The van der Waals surface area contributed by atoms with Crippen LogP contribution in [0.3, 0.4) is 0 Å². The van der Waals surface area contributed by atoms with Crippen LogP contribution < -0.4 is 0 Å². The molecule has 0 aliphatic carbocycles. The van der Waals surface area contributed by atoms with E-state index in [4.69, 9.17) is 10.2 Å². The van der Waals surface area contributed by atoms with Crippen molar-refractivity contribution in [1.29, 1.82) is 0 Å². The van der Waals surface area contributed by atoms with Crippen molar-refractivity contribution in [3.8, 4) is 0 Å². The van der Waals surface area contributed by atoms with Crippen LogP contribution in [0.2, 0.25) is 0 Å². The van der Waals surface area contributed by atoms with Crippen molar-refractivity contribution in [2.45, 2.75) is 19.4 Å². The predicted molar refractivity (Wildman–Crippen MR) is 35.6 cm³/mol. The zero-order chi connectivity index (χ0) is 10.1. The first-order valence-electron chi connectivity index (χ1n) is 3.39. The minimum atomic E-state index is -4.56. The average Bonchev–Trinajstić information content (AvgIpc) is 2.46. The third-order valence-electron chi connectivity index (χ3n) is 1.46. The van der Waals surface area contributed by atoms with Gasteiger partial charge in [-0.25, -0.2) is 0 Å². The lowest BCUT2D eigenvalue weighted by Crippen LogP contribution is -2.06. The van der Waals surface area contributed by atoms with Gasteiger partial charge in [-0.2, -0.15) is 13.2 Å². The summed E-state index contributed by atoms with van der Waals surface area (Å²) in [5, 5.41) is 17.0. The molecule has 0 saturated carbocycles. The van der Waals surface area contributed by atoms with Crippen LogP contribution in [0.1, 0.15) is 17.1 Å². The first-order chi connectivity index (χ1) is 5.99. The van der Waals surface area contributed by atoms with Gasteiger partial charge in [0.05, 0.1) is 5.56 Å². The highest BCUT2D eigenvalue weighted by atomic mass is 19.4. The Balaban J connectivity index is 3.11. The van der Waals surface area contributed by atoms with E-state index in [0.29, 0.717) is 6.07 Å². The fourth-order valence-corrected chi connectivity index (χ4v) is 0.919. The van der Waals surface area contributed by atoms with E-state index in [1.165, 1.54) is 0 Å². The third-order valence-corrected chi connectivity index (χ3v) is 1.46. The topological polar surface area (TPSA) is 53.6 Å². The molecule has 0 amide bonds. The van der Waals surface area contributed by atoms with Gasteiger partial charge in [0, 0.05) is 0 Å². The highest BCUT2D eigenvalue weighted by Crippen LogP contribution is 2.34. The maximum absolute atomic E-state index is 12.1. The fourth-order valence-electron chi connectivity index (χ4n) is 0.919. The van der Waals surface area contributed by atoms with Crippen molar-refractivity contribution in [2.24, 2.45) is 0 Å². The Labute approximate surface area is 71.4 Å². The van der Waals surface area contributed by atoms with Crippen molar-refractivity contribution in [3.63, 3.8) is 0 Å². The zero-order valence-corrected chi connectivity index (χ0v) is 6.43. The van der Waals surface area contributed by atoms with E-state index in [1.807, 2.05) is 0 Å². The third kappa shape index (κ3) is 2.02. The number of furan rings is 1. The Bertz CT molecular complexity index is 290. The van der Waals surface area contributed by atoms with Crippen LogP contribution in [0.15, 0.2) is 10.5 Å². The zero-order valence-electron chi connectivity index (χ0n) is 6.43. The second-order valence-corrected chi connectivity index (χ2v) is 2.36. The van der Waals surface area contributed by atoms with Crippen molar-refractivity contribution < 1.29 is 27.8 Å². The Kier molecular flexibility index (Phi) is 2.63. The van der Waals surface area contributed by atoms with Gasteiger partial charge >= 0.3 is 6.18 Å². The standard InChI is InChI=1S/C7H7F3O3/c8-7(9,10)5-1-4(2-11)13-6(5)3-12/h1,11-12H,2-3H2. The molecule has 0 bridgehead atoms. The molecule has 0 spiro atoms. The Morgan fingerprint density at radius 2 is 1.85 bits per heavy atom. The van der Waals surface area contributed by atoms with Crippen LogP contribution in [-0.4, -0.2) is 10.2 Å². The van der Waals surface area contributed by atoms with Gasteiger partial charge in [-0.05, 0) is 6.07 Å². The summed E-state index contributed by atoms with van der Waals surface area (Å²) in [5.74, 6) is -0.784. The second-order valence-electron chi connectivity index (χ2n) is 2.36. The summed E-state index contributed by atoms with van der Waals surface area (Å²) in [6.45, 7) is -1.46. The van der Waals surface area contributed by atoms with Gasteiger partial charge in [0.2, 0.25) is 0 Å². The van der Waals surface area contributed by atoms with E-state index in [0.717, 1.165) is 0 Å². The molecule has 2 N–H and O–H groups in total. The van der Waals surface area contributed by atoms with Crippen LogP contribution in [0, 0.1) is 0 Å². The lowest BCUT2D eigenvalue weighted by atomic mass is 10.2. The maximum Gasteiger partial charge on any atom is 0.419 e. The molecule has 0 aromatic carbocycles. The van der Waals surface area contributed by atoms with Gasteiger partial charge in [0.1, 0.15) is 24.7 Å². The predicted octanol–water partition coefficient (Wildman–Crippen LogP) is 1.28. The number of alkyl halides is 3. The molecule has 6 heteroatoms. The molecule has 13 heavy (non-hydrogen) atoms. The summed E-state index contributed by atoms with van der Waals surface area (Å²) in [7, 11) is 0. The minimum absolute atomic E-state index is 0.212. The van der Waals surface area contributed by atoms with Gasteiger partial charge in [0.25, 0.3) is 0 Å². The highest BCUT2D eigenvalue weighted by Gasteiger charge is 2.36. The normalized spacial score (nSPS) is 12.1. The Hall–Kier alpha value is -1.01. The quantitative estimate of drug-likeness (QED) is 0.749. The van der Waals surface area contributed by atoms with E-state index in [9.17, 15) is 13.2 Å². The smallest absolute Gasteiger partial charge is 0.419 e. The van der Waals surface area contributed by atoms with Crippen molar-refractivity contribution >= 4 is 0 Å². The van der Waals surface area contributed by atoms with Crippen LogP contribution in [0.4, 0.5) is 13.2 Å². The van der Waals surface area contributed by atoms with E-state index >= 15 is 0 Å². The Morgan fingerprint density at radius 1 is 1.23 bits per heavy atom. The number of rotatable bonds is 2. The first-order valence-corrected chi connectivity index (χ1v) is 3.39. The van der Waals surface area contributed by atoms with Gasteiger partial charge in [-0.3, -0.25) is 0 Å². The molecule has 1 aromatic rings. The van der Waals surface area contributed by atoms with Gasteiger partial charge in [-0.1, -0.05) is 0 Å². The van der Waals surface area contributed by atoms with Crippen molar-refractivity contribution in [3.05, 3.63) is 23.2 Å². The Morgan fingerprint density at radius 3 is 2.15 bits per heavy atom. The summed E-state index contributed by atoms with van der Waals surface area (Å²) in [6.07, 6.45) is -4.56. The first kappa shape index (κ1) is 10.1. The average molecular weight is 196 g/mol. The molecule has 3 nitrogen and oxygen atoms in total. The summed E-state index contributed by atoms with van der Waals surface area (Å²) < 4.78 is 40.9. The molecule has 0 fully saturated rings. The molecule has 1 rings (SSSR count). The molecule has 1 aromatic heterocycles. The summed E-state index contributed by atoms with van der Waals surface area (Å²) in [6, 6.07) is 0.672. The highest BCUT2D eigenvalue weighted by molar-refractivity contribution is 5.24. The molecule has 0 radical (unpaired) electrons.